The minimum absolute atomic E-state index is 0.0490. The standard InChI is InChI=1S/C22H23BINO5/c24-19(12-16-8-9-17-14-30-23(28)18(17)11-16)21(26)25-10-4-7-20(25)22(27)29-13-15-5-2-1-3-6-15/h1-3,5-6,8-9,11,19-20,28H,4,7,10,12-14H2/t19-,20-/m0/s1. The van der Waals surface area contributed by atoms with Gasteiger partial charge >= 0.3 is 13.1 Å². The molecular weight excluding hydrogens is 496 g/mol. The van der Waals surface area contributed by atoms with Crippen LogP contribution in [-0.4, -0.2) is 45.4 Å². The van der Waals surface area contributed by atoms with Crippen LogP contribution in [0.2, 0.25) is 0 Å². The van der Waals surface area contributed by atoms with Crippen molar-refractivity contribution in [1.29, 1.82) is 0 Å². The van der Waals surface area contributed by atoms with Gasteiger partial charge in [-0.05, 0) is 41.4 Å². The number of amides is 1. The van der Waals surface area contributed by atoms with Crippen LogP contribution in [0.5, 0.6) is 0 Å². The van der Waals surface area contributed by atoms with Crippen LogP contribution >= 0.6 is 22.6 Å². The number of fused-ring (bicyclic) bond motifs is 1. The van der Waals surface area contributed by atoms with Crippen molar-refractivity contribution < 1.29 is 24.0 Å². The van der Waals surface area contributed by atoms with Crippen molar-refractivity contribution >= 4 is 47.0 Å². The fraction of sp³-hybridized carbons (Fsp3) is 0.364. The van der Waals surface area contributed by atoms with Crippen LogP contribution in [-0.2, 0) is 38.6 Å². The summed E-state index contributed by atoms with van der Waals surface area (Å²) in [5, 5.41) is 9.90. The molecule has 0 unspecified atom stereocenters. The zero-order chi connectivity index (χ0) is 21.1. The van der Waals surface area contributed by atoms with Gasteiger partial charge in [0, 0.05) is 6.54 Å². The second kappa shape index (κ2) is 9.49. The SMILES string of the molecule is O=C(OCc1ccccc1)[C@@H]1CCCN1C(=O)[C@@H](I)Cc1ccc2c(c1)B(O)OC2. The molecule has 2 aromatic rings. The van der Waals surface area contributed by atoms with Gasteiger partial charge in [0.2, 0.25) is 5.91 Å². The number of likely N-dealkylation sites (tertiary alicyclic amines) is 1. The summed E-state index contributed by atoms with van der Waals surface area (Å²) in [7, 11) is -0.898. The number of carbonyl (C=O) groups is 2. The summed E-state index contributed by atoms with van der Waals surface area (Å²) in [6.45, 7) is 1.19. The Bertz CT molecular complexity index is 925. The molecule has 0 radical (unpaired) electrons. The monoisotopic (exact) mass is 519 g/mol. The molecular formula is C22H23BINO5. The van der Waals surface area contributed by atoms with Crippen LogP contribution in [0.15, 0.2) is 48.5 Å². The Hall–Kier alpha value is -1.91. The summed E-state index contributed by atoms with van der Waals surface area (Å²) in [5.41, 5.74) is 3.64. The van der Waals surface area contributed by atoms with E-state index in [4.69, 9.17) is 9.39 Å². The fourth-order valence-corrected chi connectivity index (χ4v) is 4.83. The van der Waals surface area contributed by atoms with E-state index in [0.29, 0.717) is 26.0 Å². The van der Waals surface area contributed by atoms with E-state index in [-0.39, 0.29) is 22.4 Å². The summed E-state index contributed by atoms with van der Waals surface area (Å²) in [6, 6.07) is 14.8. The molecule has 0 aromatic heterocycles. The molecule has 156 valence electrons. The maximum atomic E-state index is 13.1. The van der Waals surface area contributed by atoms with Gasteiger partial charge in [-0.3, -0.25) is 4.79 Å². The van der Waals surface area contributed by atoms with Gasteiger partial charge in [-0.1, -0.05) is 71.1 Å². The average molecular weight is 519 g/mol. The third-order valence-corrected chi connectivity index (χ3v) is 6.56. The molecule has 1 fully saturated rings. The number of ether oxygens (including phenoxy) is 1. The van der Waals surface area contributed by atoms with E-state index in [1.54, 1.807) is 4.90 Å². The smallest absolute Gasteiger partial charge is 0.459 e. The van der Waals surface area contributed by atoms with Crippen molar-refractivity contribution in [2.24, 2.45) is 0 Å². The number of nitrogens with zero attached hydrogens (tertiary/aromatic N) is 1. The lowest BCUT2D eigenvalue weighted by Crippen LogP contribution is -2.45. The van der Waals surface area contributed by atoms with Gasteiger partial charge in [0.1, 0.15) is 12.6 Å². The van der Waals surface area contributed by atoms with Crippen LogP contribution in [0, 0.1) is 0 Å². The fourth-order valence-electron chi connectivity index (χ4n) is 3.97. The van der Waals surface area contributed by atoms with Gasteiger partial charge in [-0.15, -0.1) is 0 Å². The highest BCUT2D eigenvalue weighted by Gasteiger charge is 2.37. The Morgan fingerprint density at radius 1 is 1.23 bits per heavy atom. The molecule has 2 aliphatic heterocycles. The van der Waals surface area contributed by atoms with E-state index < -0.39 is 13.2 Å². The summed E-state index contributed by atoms with van der Waals surface area (Å²) in [4.78, 5) is 27.4. The second-order valence-electron chi connectivity index (χ2n) is 7.65. The largest absolute Gasteiger partial charge is 0.491 e. The van der Waals surface area contributed by atoms with Crippen molar-refractivity contribution in [2.75, 3.05) is 6.54 Å². The van der Waals surface area contributed by atoms with E-state index >= 15 is 0 Å². The van der Waals surface area contributed by atoms with Crippen molar-refractivity contribution in [3.63, 3.8) is 0 Å². The van der Waals surface area contributed by atoms with Gasteiger partial charge in [-0.2, -0.15) is 0 Å². The van der Waals surface area contributed by atoms with Crippen molar-refractivity contribution in [3.8, 4) is 0 Å². The Morgan fingerprint density at radius 3 is 2.83 bits per heavy atom. The molecule has 0 saturated carbocycles. The minimum atomic E-state index is -0.898. The zero-order valence-corrected chi connectivity index (χ0v) is 18.7. The maximum Gasteiger partial charge on any atom is 0.491 e. The third kappa shape index (κ3) is 4.71. The van der Waals surface area contributed by atoms with E-state index in [1.165, 1.54) is 0 Å². The summed E-state index contributed by atoms with van der Waals surface area (Å²) >= 11 is 2.14. The van der Waals surface area contributed by atoms with Crippen molar-refractivity contribution in [3.05, 3.63) is 65.2 Å². The number of rotatable bonds is 6. The topological polar surface area (TPSA) is 76.1 Å². The van der Waals surface area contributed by atoms with Crippen LogP contribution in [0.25, 0.3) is 0 Å². The Kier molecular flexibility index (Phi) is 6.75. The predicted octanol–water partition coefficient (Wildman–Crippen LogP) is 1.98. The predicted molar refractivity (Wildman–Crippen MR) is 121 cm³/mol. The molecule has 1 amide bonds. The van der Waals surface area contributed by atoms with E-state index in [2.05, 4.69) is 22.6 Å². The maximum absolute atomic E-state index is 13.1. The number of esters is 1. The number of halogens is 1. The first-order chi connectivity index (χ1) is 14.5. The van der Waals surface area contributed by atoms with Gasteiger partial charge in [0.25, 0.3) is 0 Å². The van der Waals surface area contributed by atoms with Crippen molar-refractivity contribution in [2.45, 2.75) is 42.4 Å². The summed E-state index contributed by atoms with van der Waals surface area (Å²) in [5.74, 6) is -0.391. The van der Waals surface area contributed by atoms with Crippen LogP contribution in [0.4, 0.5) is 0 Å². The molecule has 2 heterocycles. The molecule has 2 aromatic carbocycles. The lowest BCUT2D eigenvalue weighted by atomic mass is 9.78. The van der Waals surface area contributed by atoms with E-state index in [9.17, 15) is 14.6 Å². The molecule has 4 rings (SSSR count). The molecule has 1 saturated heterocycles. The first kappa shape index (κ1) is 21.3. The summed E-state index contributed by atoms with van der Waals surface area (Å²) < 4.78 is 10.4. The number of hydrogen-bond acceptors (Lipinski definition) is 5. The lowest BCUT2D eigenvalue weighted by Gasteiger charge is -2.25. The molecule has 0 aliphatic carbocycles. The summed E-state index contributed by atoms with van der Waals surface area (Å²) in [6.07, 6.45) is 1.95. The minimum Gasteiger partial charge on any atom is -0.459 e. The normalized spacial score (nSPS) is 18.9. The van der Waals surface area contributed by atoms with Crippen molar-refractivity contribution in [1.82, 2.24) is 4.90 Å². The van der Waals surface area contributed by atoms with Crippen LogP contribution in [0.1, 0.15) is 29.5 Å². The third-order valence-electron chi connectivity index (χ3n) is 5.59. The number of benzene rings is 2. The van der Waals surface area contributed by atoms with E-state index in [0.717, 1.165) is 28.6 Å². The Balaban J connectivity index is 1.37. The van der Waals surface area contributed by atoms with Gasteiger partial charge < -0.3 is 19.3 Å². The average Bonchev–Trinajstić information content (AvgIpc) is 3.39. The first-order valence-corrected chi connectivity index (χ1v) is 11.3. The van der Waals surface area contributed by atoms with Gasteiger partial charge in [-0.25, -0.2) is 4.79 Å². The zero-order valence-electron chi connectivity index (χ0n) is 16.5. The second-order valence-corrected chi connectivity index (χ2v) is 9.15. The highest BCUT2D eigenvalue weighted by Crippen LogP contribution is 2.24. The Labute approximate surface area is 189 Å². The number of alkyl halides is 1. The molecule has 8 heteroatoms. The number of hydrogen-bond donors (Lipinski definition) is 1. The molecule has 2 atom stereocenters. The quantitative estimate of drug-likeness (QED) is 0.274. The highest BCUT2D eigenvalue weighted by molar-refractivity contribution is 14.1. The molecule has 30 heavy (non-hydrogen) atoms. The molecule has 1 N–H and O–H groups in total. The number of carbonyl (C=O) groups excluding carboxylic acids is 2. The molecule has 0 spiro atoms. The van der Waals surface area contributed by atoms with Crippen LogP contribution < -0.4 is 5.46 Å². The highest BCUT2D eigenvalue weighted by atomic mass is 127. The Morgan fingerprint density at radius 2 is 2.03 bits per heavy atom. The molecule has 2 aliphatic rings. The first-order valence-electron chi connectivity index (χ1n) is 10.1. The molecule has 6 nitrogen and oxygen atoms in total. The van der Waals surface area contributed by atoms with E-state index in [1.807, 2.05) is 48.5 Å². The molecule has 0 bridgehead atoms. The van der Waals surface area contributed by atoms with Gasteiger partial charge in [0.15, 0.2) is 0 Å². The van der Waals surface area contributed by atoms with Gasteiger partial charge in [0.05, 0.1) is 10.5 Å². The lowest BCUT2D eigenvalue weighted by molar-refractivity contribution is -0.154. The van der Waals surface area contributed by atoms with Crippen LogP contribution in [0.3, 0.4) is 0 Å².